The minimum absolute atomic E-state index is 0.0249. The topological polar surface area (TPSA) is 35.1 Å². The SMILES string of the molecule is CCn1ccc2oc(C)cc2c1=O. The van der Waals surface area contributed by atoms with Crippen molar-refractivity contribution < 1.29 is 4.42 Å². The second-order valence-electron chi connectivity index (χ2n) is 3.04. The molecule has 0 spiro atoms. The smallest absolute Gasteiger partial charge is 0.261 e. The Morgan fingerprint density at radius 3 is 3.00 bits per heavy atom. The molecule has 0 unspecified atom stereocenters. The van der Waals surface area contributed by atoms with Crippen molar-refractivity contribution in [1.29, 1.82) is 0 Å². The zero-order valence-corrected chi connectivity index (χ0v) is 7.70. The summed E-state index contributed by atoms with van der Waals surface area (Å²) in [6.45, 7) is 4.48. The Kier molecular flexibility index (Phi) is 1.72. The lowest BCUT2D eigenvalue weighted by Crippen LogP contribution is -2.17. The summed E-state index contributed by atoms with van der Waals surface area (Å²) in [7, 11) is 0. The summed E-state index contributed by atoms with van der Waals surface area (Å²) < 4.78 is 7.00. The first-order valence-corrected chi connectivity index (χ1v) is 4.32. The number of aromatic nitrogens is 1. The summed E-state index contributed by atoms with van der Waals surface area (Å²) in [6, 6.07) is 3.61. The van der Waals surface area contributed by atoms with E-state index in [1.165, 1.54) is 0 Å². The van der Waals surface area contributed by atoms with Crippen molar-refractivity contribution in [1.82, 2.24) is 4.57 Å². The van der Waals surface area contributed by atoms with Crippen LogP contribution in [0.15, 0.2) is 27.5 Å². The van der Waals surface area contributed by atoms with Gasteiger partial charge in [0.25, 0.3) is 5.56 Å². The second kappa shape index (κ2) is 2.76. The standard InChI is InChI=1S/C10H11NO2/c1-3-11-5-4-9-8(10(11)12)6-7(2)13-9/h4-6H,3H2,1-2H3. The van der Waals surface area contributed by atoms with Crippen molar-refractivity contribution in [2.45, 2.75) is 20.4 Å². The number of rotatable bonds is 1. The van der Waals surface area contributed by atoms with Crippen LogP contribution in [0.2, 0.25) is 0 Å². The van der Waals surface area contributed by atoms with Gasteiger partial charge in [-0.25, -0.2) is 0 Å². The summed E-state index contributed by atoms with van der Waals surface area (Å²) in [5.74, 6) is 0.779. The molecule has 0 aliphatic carbocycles. The third-order valence-corrected chi connectivity index (χ3v) is 2.12. The van der Waals surface area contributed by atoms with Crippen LogP contribution in [0.5, 0.6) is 0 Å². The average Bonchev–Trinajstić information content (AvgIpc) is 2.47. The van der Waals surface area contributed by atoms with E-state index in [4.69, 9.17) is 4.42 Å². The van der Waals surface area contributed by atoms with Gasteiger partial charge in [0.05, 0.1) is 5.39 Å². The van der Waals surface area contributed by atoms with Gasteiger partial charge in [-0.05, 0) is 26.0 Å². The van der Waals surface area contributed by atoms with E-state index in [-0.39, 0.29) is 5.56 Å². The summed E-state index contributed by atoms with van der Waals surface area (Å²) in [6.07, 6.45) is 1.76. The molecule has 0 atom stereocenters. The van der Waals surface area contributed by atoms with E-state index in [1.54, 1.807) is 16.8 Å². The molecule has 68 valence electrons. The van der Waals surface area contributed by atoms with Crippen molar-refractivity contribution in [3.8, 4) is 0 Å². The highest BCUT2D eigenvalue weighted by Gasteiger charge is 2.05. The number of fused-ring (bicyclic) bond motifs is 1. The van der Waals surface area contributed by atoms with Gasteiger partial charge in [0.1, 0.15) is 11.3 Å². The van der Waals surface area contributed by atoms with E-state index in [2.05, 4.69) is 0 Å². The normalized spacial score (nSPS) is 10.9. The van der Waals surface area contributed by atoms with Crippen molar-refractivity contribution in [2.75, 3.05) is 0 Å². The van der Waals surface area contributed by atoms with Crippen LogP contribution in [-0.4, -0.2) is 4.57 Å². The molecule has 0 aromatic carbocycles. The molecule has 3 heteroatoms. The number of hydrogen-bond donors (Lipinski definition) is 0. The van der Waals surface area contributed by atoms with Crippen LogP contribution in [-0.2, 0) is 6.54 Å². The van der Waals surface area contributed by atoms with Crippen molar-refractivity contribution in [2.24, 2.45) is 0 Å². The minimum atomic E-state index is 0.0249. The average molecular weight is 177 g/mol. The van der Waals surface area contributed by atoms with E-state index >= 15 is 0 Å². The lowest BCUT2D eigenvalue weighted by atomic mass is 10.3. The molecular formula is C10H11NO2. The molecule has 0 amide bonds. The quantitative estimate of drug-likeness (QED) is 0.667. The zero-order chi connectivity index (χ0) is 9.42. The van der Waals surface area contributed by atoms with Crippen LogP contribution in [0.3, 0.4) is 0 Å². The molecule has 2 rings (SSSR count). The van der Waals surface area contributed by atoms with E-state index in [9.17, 15) is 4.79 Å². The van der Waals surface area contributed by atoms with E-state index in [0.717, 1.165) is 5.76 Å². The summed E-state index contributed by atoms with van der Waals surface area (Å²) >= 11 is 0. The Balaban J connectivity index is 2.86. The predicted molar refractivity (Wildman–Crippen MR) is 50.9 cm³/mol. The van der Waals surface area contributed by atoms with Gasteiger partial charge in [0.15, 0.2) is 0 Å². The molecule has 0 N–H and O–H groups in total. The Hall–Kier alpha value is -1.51. The molecule has 0 aliphatic heterocycles. The first-order valence-electron chi connectivity index (χ1n) is 4.32. The van der Waals surface area contributed by atoms with Gasteiger partial charge in [-0.15, -0.1) is 0 Å². The maximum absolute atomic E-state index is 11.7. The summed E-state index contributed by atoms with van der Waals surface area (Å²) in [4.78, 5) is 11.7. The van der Waals surface area contributed by atoms with E-state index in [1.807, 2.05) is 19.9 Å². The Morgan fingerprint density at radius 1 is 1.54 bits per heavy atom. The third kappa shape index (κ3) is 1.16. The predicted octanol–water partition coefficient (Wildman–Crippen LogP) is 1.92. The number of aryl methyl sites for hydroxylation is 2. The lowest BCUT2D eigenvalue weighted by molar-refractivity contribution is 0.577. The largest absolute Gasteiger partial charge is 0.461 e. The molecule has 13 heavy (non-hydrogen) atoms. The Morgan fingerprint density at radius 2 is 2.31 bits per heavy atom. The molecule has 0 radical (unpaired) electrons. The second-order valence-corrected chi connectivity index (χ2v) is 3.04. The molecular weight excluding hydrogens is 166 g/mol. The molecule has 0 saturated carbocycles. The first kappa shape index (κ1) is 8.10. The molecule has 3 nitrogen and oxygen atoms in total. The summed E-state index contributed by atoms with van der Waals surface area (Å²) in [5, 5.41) is 0.668. The van der Waals surface area contributed by atoms with Gasteiger partial charge in [0.2, 0.25) is 0 Å². The highest BCUT2D eigenvalue weighted by atomic mass is 16.3. The third-order valence-electron chi connectivity index (χ3n) is 2.12. The molecule has 2 aromatic rings. The number of furan rings is 1. The Bertz CT molecular complexity index is 493. The maximum atomic E-state index is 11.7. The van der Waals surface area contributed by atoms with Crippen molar-refractivity contribution in [3.63, 3.8) is 0 Å². The maximum Gasteiger partial charge on any atom is 0.261 e. The van der Waals surface area contributed by atoms with Gasteiger partial charge < -0.3 is 8.98 Å². The van der Waals surface area contributed by atoms with Crippen molar-refractivity contribution >= 4 is 11.0 Å². The molecule has 0 fully saturated rings. The van der Waals surface area contributed by atoms with Gasteiger partial charge >= 0.3 is 0 Å². The fraction of sp³-hybridized carbons (Fsp3) is 0.300. The van der Waals surface area contributed by atoms with Crippen LogP contribution in [0.4, 0.5) is 0 Å². The van der Waals surface area contributed by atoms with Crippen LogP contribution in [0, 0.1) is 6.92 Å². The zero-order valence-electron chi connectivity index (χ0n) is 7.70. The molecule has 0 aliphatic rings. The lowest BCUT2D eigenvalue weighted by Gasteiger charge is -1.98. The number of pyridine rings is 1. The molecule has 0 saturated heterocycles. The minimum Gasteiger partial charge on any atom is -0.461 e. The van der Waals surface area contributed by atoms with Gasteiger partial charge in [-0.2, -0.15) is 0 Å². The molecule has 0 bridgehead atoms. The highest BCUT2D eigenvalue weighted by Crippen LogP contribution is 2.14. The molecule has 2 heterocycles. The van der Waals surface area contributed by atoms with Crippen LogP contribution >= 0.6 is 0 Å². The van der Waals surface area contributed by atoms with Gasteiger partial charge in [0, 0.05) is 12.7 Å². The Labute approximate surface area is 75.6 Å². The monoisotopic (exact) mass is 177 g/mol. The van der Waals surface area contributed by atoms with E-state index < -0.39 is 0 Å². The summed E-state index contributed by atoms with van der Waals surface area (Å²) in [5.41, 5.74) is 0.698. The van der Waals surface area contributed by atoms with Crippen LogP contribution < -0.4 is 5.56 Å². The van der Waals surface area contributed by atoms with Gasteiger partial charge in [-0.3, -0.25) is 4.79 Å². The van der Waals surface area contributed by atoms with E-state index in [0.29, 0.717) is 17.5 Å². The van der Waals surface area contributed by atoms with Gasteiger partial charge in [-0.1, -0.05) is 0 Å². The number of hydrogen-bond acceptors (Lipinski definition) is 2. The fourth-order valence-corrected chi connectivity index (χ4v) is 1.45. The molecule has 2 aromatic heterocycles. The number of nitrogens with zero attached hydrogens (tertiary/aromatic N) is 1. The highest BCUT2D eigenvalue weighted by molar-refractivity contribution is 5.76. The fourth-order valence-electron chi connectivity index (χ4n) is 1.45. The van der Waals surface area contributed by atoms with Crippen LogP contribution in [0.25, 0.3) is 11.0 Å². The van der Waals surface area contributed by atoms with Crippen LogP contribution in [0.1, 0.15) is 12.7 Å². The first-order chi connectivity index (χ1) is 6.22. The van der Waals surface area contributed by atoms with Crippen molar-refractivity contribution in [3.05, 3.63) is 34.4 Å².